The summed E-state index contributed by atoms with van der Waals surface area (Å²) in [6, 6.07) is 0. The molecule has 0 unspecified atom stereocenters. The monoisotopic (exact) mass is 793 g/mol. The molecule has 0 fully saturated rings. The molecule has 0 aromatic heterocycles. The van der Waals surface area contributed by atoms with Crippen molar-refractivity contribution in [3.8, 4) is 0 Å². The van der Waals surface area contributed by atoms with Crippen molar-refractivity contribution in [1.82, 2.24) is 20.4 Å². The quantitative estimate of drug-likeness (QED) is 0.0603. The molecule has 2 N–H and O–H groups in total. The third kappa shape index (κ3) is 50.9. The molecule has 336 valence electrons. The average Bonchev–Trinajstić information content (AvgIpc) is 3.19. The normalized spacial score (nSPS) is 11.3. The molecule has 56 heavy (non-hydrogen) atoms. The number of amides is 2. The van der Waals surface area contributed by atoms with Crippen molar-refractivity contribution in [2.24, 2.45) is 0 Å². The van der Waals surface area contributed by atoms with Crippen LogP contribution in [0.1, 0.15) is 259 Å². The predicted octanol–water partition coefficient (Wildman–Crippen LogP) is 14.2. The summed E-state index contributed by atoms with van der Waals surface area (Å²) in [5, 5.41) is 6.10. The maximum Gasteiger partial charge on any atom is 0.219 e. The van der Waals surface area contributed by atoms with Gasteiger partial charge in [0.2, 0.25) is 11.8 Å². The van der Waals surface area contributed by atoms with Crippen LogP contribution >= 0.6 is 0 Å². The van der Waals surface area contributed by atoms with Crippen molar-refractivity contribution in [2.75, 3.05) is 53.4 Å². The highest BCUT2D eigenvalue weighted by Gasteiger charge is 2.03. The zero-order chi connectivity index (χ0) is 41.4. The molecule has 6 nitrogen and oxygen atoms in total. The molecule has 0 atom stereocenters. The summed E-state index contributed by atoms with van der Waals surface area (Å²) in [5.41, 5.74) is 0. The summed E-state index contributed by atoms with van der Waals surface area (Å²) in [6.07, 6.45) is 47.6. The molecule has 0 rings (SSSR count). The molecule has 0 aromatic rings. The maximum absolute atomic E-state index is 11.9. The fourth-order valence-electron chi connectivity index (χ4n) is 7.54. The van der Waals surface area contributed by atoms with Gasteiger partial charge in [0, 0.05) is 25.9 Å². The van der Waals surface area contributed by atoms with E-state index in [1.54, 1.807) is 0 Å². The molecule has 0 aromatic carbocycles. The summed E-state index contributed by atoms with van der Waals surface area (Å²) >= 11 is 0. The first-order valence-corrected chi connectivity index (χ1v) is 25.3. The molecule has 0 aliphatic rings. The van der Waals surface area contributed by atoms with Crippen LogP contribution in [0.25, 0.3) is 0 Å². The van der Waals surface area contributed by atoms with Gasteiger partial charge >= 0.3 is 0 Å². The van der Waals surface area contributed by atoms with Gasteiger partial charge < -0.3 is 20.4 Å². The third-order valence-corrected chi connectivity index (χ3v) is 11.5. The zero-order valence-corrected chi connectivity index (χ0v) is 39.4. The van der Waals surface area contributed by atoms with Crippen molar-refractivity contribution in [1.29, 1.82) is 0 Å². The molecule has 0 saturated carbocycles. The number of nitrogens with zero attached hydrogens (tertiary/aromatic N) is 2. The van der Waals surface area contributed by atoms with Crippen molar-refractivity contribution in [3.05, 3.63) is 0 Å². The second-order valence-electron chi connectivity index (χ2n) is 17.3. The lowest BCUT2D eigenvalue weighted by atomic mass is 10.0. The first-order valence-electron chi connectivity index (χ1n) is 25.3. The van der Waals surface area contributed by atoms with Gasteiger partial charge in [-0.3, -0.25) is 9.59 Å². The van der Waals surface area contributed by atoms with Crippen LogP contribution in [0.15, 0.2) is 0 Å². The standard InChI is InChI=1S/C29H60N2O.C21H44N2O/c1-4-7-8-9-10-11-12-13-14-15-16-17-18-19-20-21-22-23-24-26-29(32)30-27-25-28-31(5-2)6-3;1-4-5-6-7-8-9-10-11-12-13-14-15-16-18-21(24)22-19-17-20-23(2)3/h4-28H2,1-3H3,(H,30,32);4-20H2,1-3H3,(H,22,24). The van der Waals surface area contributed by atoms with E-state index in [-0.39, 0.29) is 11.8 Å². The second-order valence-corrected chi connectivity index (χ2v) is 17.3. The Hall–Kier alpha value is -1.14. The van der Waals surface area contributed by atoms with Crippen LogP contribution in [0.4, 0.5) is 0 Å². The third-order valence-electron chi connectivity index (χ3n) is 11.5. The van der Waals surface area contributed by atoms with Crippen molar-refractivity contribution in [2.45, 2.75) is 259 Å². The Balaban J connectivity index is 0. The minimum atomic E-state index is 0.233. The summed E-state index contributed by atoms with van der Waals surface area (Å²) < 4.78 is 0. The van der Waals surface area contributed by atoms with E-state index in [4.69, 9.17) is 0 Å². The van der Waals surface area contributed by atoms with Gasteiger partial charge in [-0.05, 0) is 66.0 Å². The topological polar surface area (TPSA) is 64.7 Å². The highest BCUT2D eigenvalue weighted by molar-refractivity contribution is 5.76. The van der Waals surface area contributed by atoms with E-state index in [0.29, 0.717) is 12.8 Å². The average molecular weight is 793 g/mol. The molecule has 6 heteroatoms. The zero-order valence-electron chi connectivity index (χ0n) is 39.4. The van der Waals surface area contributed by atoms with Crippen LogP contribution in [-0.2, 0) is 9.59 Å². The van der Waals surface area contributed by atoms with Crippen LogP contribution in [-0.4, -0.2) is 75.0 Å². The summed E-state index contributed by atoms with van der Waals surface area (Å²) in [4.78, 5) is 28.1. The summed E-state index contributed by atoms with van der Waals surface area (Å²) in [6.45, 7) is 14.9. The molecule has 0 heterocycles. The Morgan fingerprint density at radius 2 is 0.589 bits per heavy atom. The van der Waals surface area contributed by atoms with Crippen LogP contribution in [0, 0.1) is 0 Å². The molecule has 0 spiro atoms. The molecule has 0 saturated heterocycles. The first kappa shape index (κ1) is 57.0. The van der Waals surface area contributed by atoms with Crippen LogP contribution in [0.3, 0.4) is 0 Å². The second kappa shape index (κ2) is 50.0. The highest BCUT2D eigenvalue weighted by atomic mass is 16.2. The summed E-state index contributed by atoms with van der Waals surface area (Å²) in [7, 11) is 4.13. The number of carbonyl (C=O) groups excluding carboxylic acids is 2. The smallest absolute Gasteiger partial charge is 0.219 e. The fourth-order valence-corrected chi connectivity index (χ4v) is 7.54. The van der Waals surface area contributed by atoms with Gasteiger partial charge in [0.15, 0.2) is 0 Å². The van der Waals surface area contributed by atoms with E-state index in [1.165, 1.54) is 193 Å². The van der Waals surface area contributed by atoms with Crippen molar-refractivity contribution in [3.63, 3.8) is 0 Å². The Bertz CT molecular complexity index is 757. The van der Waals surface area contributed by atoms with E-state index in [0.717, 1.165) is 65.0 Å². The number of carbonyl (C=O) groups is 2. The van der Waals surface area contributed by atoms with Gasteiger partial charge in [0.1, 0.15) is 0 Å². The number of unbranched alkanes of at least 4 members (excludes halogenated alkanes) is 30. The Morgan fingerprint density at radius 1 is 0.339 bits per heavy atom. The lowest BCUT2D eigenvalue weighted by molar-refractivity contribution is -0.122. The fraction of sp³-hybridized carbons (Fsp3) is 0.960. The molecular weight excluding hydrogens is 689 g/mol. The van der Waals surface area contributed by atoms with Gasteiger partial charge in [0.25, 0.3) is 0 Å². The molecule has 0 aliphatic carbocycles. The maximum atomic E-state index is 11.9. The Morgan fingerprint density at radius 3 is 0.839 bits per heavy atom. The number of nitrogens with one attached hydrogen (secondary N) is 2. The van der Waals surface area contributed by atoms with Crippen molar-refractivity contribution >= 4 is 11.8 Å². The van der Waals surface area contributed by atoms with Crippen LogP contribution < -0.4 is 10.6 Å². The van der Waals surface area contributed by atoms with Gasteiger partial charge in [-0.15, -0.1) is 0 Å². The minimum absolute atomic E-state index is 0.233. The Labute approximate surface area is 353 Å². The first-order chi connectivity index (χ1) is 27.4. The minimum Gasteiger partial charge on any atom is -0.356 e. The van der Waals surface area contributed by atoms with E-state index in [1.807, 2.05) is 0 Å². The number of hydrogen-bond acceptors (Lipinski definition) is 4. The van der Waals surface area contributed by atoms with E-state index in [2.05, 4.69) is 62.2 Å². The lowest BCUT2D eigenvalue weighted by Crippen LogP contribution is -2.29. The lowest BCUT2D eigenvalue weighted by Gasteiger charge is -2.17. The molecular formula is C50H104N4O2. The van der Waals surface area contributed by atoms with E-state index < -0.39 is 0 Å². The molecule has 0 aliphatic heterocycles. The predicted molar refractivity (Wildman–Crippen MR) is 250 cm³/mol. The number of hydrogen-bond donors (Lipinski definition) is 2. The van der Waals surface area contributed by atoms with Crippen LogP contribution in [0.5, 0.6) is 0 Å². The number of rotatable bonds is 44. The van der Waals surface area contributed by atoms with Gasteiger partial charge in [-0.1, -0.05) is 220 Å². The molecule has 2 amide bonds. The Kier molecular flexibility index (Phi) is 50.9. The van der Waals surface area contributed by atoms with Gasteiger partial charge in [-0.2, -0.15) is 0 Å². The largest absolute Gasteiger partial charge is 0.356 e. The van der Waals surface area contributed by atoms with Gasteiger partial charge in [0.05, 0.1) is 0 Å². The van der Waals surface area contributed by atoms with E-state index >= 15 is 0 Å². The SMILES string of the molecule is CCCCCCCCCCCCCCCC(=O)NCCCN(C)C.CCCCCCCCCCCCCCCCCCCCCC(=O)NCCCN(CC)CC. The van der Waals surface area contributed by atoms with Crippen LogP contribution in [0.2, 0.25) is 0 Å². The summed E-state index contributed by atoms with van der Waals surface area (Å²) in [5.74, 6) is 0.480. The van der Waals surface area contributed by atoms with Gasteiger partial charge in [-0.25, -0.2) is 0 Å². The van der Waals surface area contributed by atoms with Crippen molar-refractivity contribution < 1.29 is 9.59 Å². The molecule has 0 radical (unpaired) electrons. The highest BCUT2D eigenvalue weighted by Crippen LogP contribution is 2.15. The molecule has 0 bridgehead atoms. The van der Waals surface area contributed by atoms with E-state index in [9.17, 15) is 9.59 Å².